The number of aryl methyl sites for hydroxylation is 2. The van der Waals surface area contributed by atoms with E-state index in [0.29, 0.717) is 23.8 Å². The number of allylic oxidation sites excluding steroid dienone is 1. The van der Waals surface area contributed by atoms with E-state index >= 15 is 0 Å². The van der Waals surface area contributed by atoms with E-state index in [-0.39, 0.29) is 23.5 Å². The van der Waals surface area contributed by atoms with Gasteiger partial charge in [-0.15, -0.1) is 0 Å². The summed E-state index contributed by atoms with van der Waals surface area (Å²) in [5.74, 6) is 6.17. The Labute approximate surface area is 272 Å². The third-order valence-corrected chi connectivity index (χ3v) is 7.76. The van der Waals surface area contributed by atoms with E-state index in [1.165, 1.54) is 17.0 Å². The van der Waals surface area contributed by atoms with Gasteiger partial charge in [-0.25, -0.2) is 9.67 Å². The molecule has 0 saturated carbocycles. The predicted molar refractivity (Wildman–Crippen MR) is 184 cm³/mol. The van der Waals surface area contributed by atoms with Gasteiger partial charge >= 0.3 is 0 Å². The number of fused-ring (bicyclic) bond motifs is 1. The third kappa shape index (κ3) is 7.06. The molecule has 0 aliphatic carbocycles. The van der Waals surface area contributed by atoms with Crippen molar-refractivity contribution < 1.29 is 9.90 Å². The van der Waals surface area contributed by atoms with Crippen LogP contribution >= 0.6 is 0 Å². The molecule has 1 aliphatic rings. The molecule has 1 fully saturated rings. The van der Waals surface area contributed by atoms with Crippen LogP contribution in [0, 0.1) is 11.8 Å². The number of carbonyl (C=O) groups is 1. The summed E-state index contributed by atoms with van der Waals surface area (Å²) in [6, 6.07) is 18.0. The van der Waals surface area contributed by atoms with Crippen molar-refractivity contribution in [1.29, 1.82) is 0 Å². The number of nitrogen functional groups attached to an aromatic ring is 1. The van der Waals surface area contributed by atoms with Gasteiger partial charge in [0.1, 0.15) is 5.56 Å². The molecule has 4 heterocycles. The molecule has 2 aromatic carbocycles. The second-order valence-corrected chi connectivity index (χ2v) is 10.9. The summed E-state index contributed by atoms with van der Waals surface area (Å²) < 4.78 is 5.12. The van der Waals surface area contributed by atoms with Crippen LogP contribution in [0.4, 0.5) is 11.6 Å². The average molecular weight is 632 g/mol. The van der Waals surface area contributed by atoms with Gasteiger partial charge in [-0.05, 0) is 36.1 Å². The topological polar surface area (TPSA) is 163 Å². The molecule has 47 heavy (non-hydrogen) atoms. The number of aliphatic hydroxyl groups is 1. The Morgan fingerprint density at radius 2 is 1.94 bits per heavy atom. The number of anilines is 1. The maximum absolute atomic E-state index is 13.6. The molecule has 0 atom stereocenters. The van der Waals surface area contributed by atoms with Crippen molar-refractivity contribution >= 4 is 34.5 Å². The molecule has 6 rings (SSSR count). The zero-order valence-corrected chi connectivity index (χ0v) is 26.4. The summed E-state index contributed by atoms with van der Waals surface area (Å²) in [5, 5.41) is 18.9. The van der Waals surface area contributed by atoms with E-state index in [2.05, 4.69) is 51.5 Å². The SMILES string of the molecule is C=C/C=N\c1c(C(N)=O)c(N)nn1C.CCc1cc2cccc(C#Cc3cnn(C4CN(CCO)C4)c3)c2c(=O)n1-c1ccccc1. The first kappa shape index (κ1) is 32.6. The number of primary amides is 1. The van der Waals surface area contributed by atoms with Gasteiger partial charge in [0.25, 0.3) is 11.5 Å². The Kier molecular flexibility index (Phi) is 10.1. The summed E-state index contributed by atoms with van der Waals surface area (Å²) in [6.07, 6.45) is 7.39. The minimum Gasteiger partial charge on any atom is -0.395 e. The highest BCUT2D eigenvalue weighted by Gasteiger charge is 2.28. The zero-order valence-electron chi connectivity index (χ0n) is 26.4. The second kappa shape index (κ2) is 14.6. The lowest BCUT2D eigenvalue weighted by molar-refractivity contribution is 0.0774. The predicted octanol–water partition coefficient (Wildman–Crippen LogP) is 2.99. The van der Waals surface area contributed by atoms with Crippen molar-refractivity contribution in [3.05, 3.63) is 112 Å². The third-order valence-electron chi connectivity index (χ3n) is 7.76. The molecule has 240 valence electrons. The molecular formula is C35H37N9O3. The van der Waals surface area contributed by atoms with Crippen LogP contribution in [0.3, 0.4) is 0 Å². The van der Waals surface area contributed by atoms with Crippen molar-refractivity contribution in [2.24, 2.45) is 17.8 Å². The van der Waals surface area contributed by atoms with Gasteiger partial charge in [-0.3, -0.25) is 23.7 Å². The van der Waals surface area contributed by atoms with Gasteiger partial charge in [0, 0.05) is 56.0 Å². The summed E-state index contributed by atoms with van der Waals surface area (Å²) >= 11 is 0. The fraction of sp³-hybridized carbons (Fsp3) is 0.229. The Morgan fingerprint density at radius 3 is 2.62 bits per heavy atom. The molecule has 5 aromatic rings. The van der Waals surface area contributed by atoms with Crippen LogP contribution in [0.15, 0.2) is 89.4 Å². The van der Waals surface area contributed by atoms with Crippen LogP contribution in [-0.4, -0.2) is 72.5 Å². The molecular weight excluding hydrogens is 594 g/mol. The number of benzene rings is 2. The number of nitrogens with two attached hydrogens (primary N) is 2. The summed E-state index contributed by atoms with van der Waals surface area (Å²) in [6.45, 7) is 8.17. The lowest BCUT2D eigenvalue weighted by Gasteiger charge is -2.38. The highest BCUT2D eigenvalue weighted by molar-refractivity contribution is 6.02. The highest BCUT2D eigenvalue weighted by Crippen LogP contribution is 2.23. The number of carbonyl (C=O) groups excluding carboxylic acids is 1. The number of aliphatic imine (C=N–C) groups is 1. The number of aliphatic hydroxyl groups excluding tert-OH is 1. The highest BCUT2D eigenvalue weighted by atomic mass is 16.3. The lowest BCUT2D eigenvalue weighted by Crippen LogP contribution is -2.48. The fourth-order valence-electron chi connectivity index (χ4n) is 5.46. The number of rotatable bonds is 8. The summed E-state index contributed by atoms with van der Waals surface area (Å²) in [7, 11) is 1.62. The van der Waals surface area contributed by atoms with Gasteiger partial charge in [0.2, 0.25) is 0 Å². The number of pyridine rings is 1. The Balaban J connectivity index is 0.000000261. The molecule has 0 spiro atoms. The Bertz CT molecular complexity index is 2060. The quantitative estimate of drug-likeness (QED) is 0.175. The van der Waals surface area contributed by atoms with Gasteiger partial charge in [-0.2, -0.15) is 10.2 Å². The lowest BCUT2D eigenvalue weighted by atomic mass is 10.0. The molecule has 5 N–H and O–H groups in total. The van der Waals surface area contributed by atoms with Crippen LogP contribution in [0.1, 0.15) is 40.1 Å². The van der Waals surface area contributed by atoms with Crippen molar-refractivity contribution in [2.75, 3.05) is 32.0 Å². The van der Waals surface area contributed by atoms with Crippen LogP contribution in [0.5, 0.6) is 0 Å². The fourth-order valence-corrected chi connectivity index (χ4v) is 5.46. The van der Waals surface area contributed by atoms with Crippen molar-refractivity contribution in [3.63, 3.8) is 0 Å². The van der Waals surface area contributed by atoms with Crippen LogP contribution in [-0.2, 0) is 13.5 Å². The Morgan fingerprint density at radius 1 is 1.17 bits per heavy atom. The van der Waals surface area contributed by atoms with E-state index in [1.54, 1.807) is 17.8 Å². The van der Waals surface area contributed by atoms with E-state index < -0.39 is 5.91 Å². The van der Waals surface area contributed by atoms with Crippen molar-refractivity contribution in [3.8, 4) is 17.5 Å². The standard InChI is InChI=1S/C27H26N4O2.C8H11N5O/c1-2-23-15-22-8-6-7-21(26(22)27(33)31(23)24-9-4-3-5-10-24)12-11-20-16-28-30(17-20)25-18-29(19-25)13-14-32;1-3-4-11-8-5(7(10)14)6(9)12-13(8)2/h3-10,15-17,25,32H,2,13-14,18-19H2,1H3;3-4H,1H2,2H3,(H2,9,12)(H2,10,14)/b;11-4-. The summed E-state index contributed by atoms with van der Waals surface area (Å²) in [4.78, 5) is 30.8. The van der Waals surface area contributed by atoms with Crippen LogP contribution in [0.25, 0.3) is 16.5 Å². The van der Waals surface area contributed by atoms with E-state index in [4.69, 9.17) is 16.6 Å². The molecule has 1 amide bonds. The van der Waals surface area contributed by atoms with E-state index in [1.807, 2.05) is 59.4 Å². The molecule has 1 saturated heterocycles. The average Bonchev–Trinajstić information content (AvgIpc) is 3.63. The number of β-amino-alcohol motifs (C(OH)–C–C–N with tert-alkyl or cyclic N) is 1. The minimum atomic E-state index is -0.646. The number of likely N-dealkylation sites (tertiary alicyclic amines) is 1. The van der Waals surface area contributed by atoms with Gasteiger partial charge in [0.05, 0.1) is 29.8 Å². The summed E-state index contributed by atoms with van der Waals surface area (Å²) in [5.41, 5.74) is 14.1. The second-order valence-electron chi connectivity index (χ2n) is 10.9. The minimum absolute atomic E-state index is 0.0467. The molecule has 12 heteroatoms. The number of amides is 1. The number of aromatic nitrogens is 5. The molecule has 3 aromatic heterocycles. The number of hydrogen-bond donors (Lipinski definition) is 3. The Hall–Kier alpha value is -5.77. The first-order valence-electron chi connectivity index (χ1n) is 15.2. The van der Waals surface area contributed by atoms with Crippen molar-refractivity contribution in [2.45, 2.75) is 19.4 Å². The normalized spacial score (nSPS) is 13.1. The van der Waals surface area contributed by atoms with Crippen LogP contribution in [0.2, 0.25) is 0 Å². The molecule has 1 aliphatic heterocycles. The van der Waals surface area contributed by atoms with Gasteiger partial charge in [0.15, 0.2) is 11.6 Å². The smallest absolute Gasteiger partial charge is 0.264 e. The van der Waals surface area contributed by atoms with Gasteiger partial charge < -0.3 is 16.6 Å². The van der Waals surface area contributed by atoms with E-state index in [0.717, 1.165) is 47.4 Å². The molecule has 0 unspecified atom stereocenters. The molecule has 0 radical (unpaired) electrons. The zero-order chi connectivity index (χ0) is 33.5. The largest absolute Gasteiger partial charge is 0.395 e. The molecule has 0 bridgehead atoms. The maximum Gasteiger partial charge on any atom is 0.264 e. The monoisotopic (exact) mass is 631 g/mol. The van der Waals surface area contributed by atoms with Gasteiger partial charge in [-0.1, -0.05) is 61.8 Å². The molecule has 12 nitrogen and oxygen atoms in total. The number of para-hydroxylation sites is 1. The number of nitrogens with zero attached hydrogens (tertiary/aromatic N) is 7. The first-order chi connectivity index (χ1) is 22.7. The van der Waals surface area contributed by atoms with E-state index in [9.17, 15) is 9.59 Å². The van der Waals surface area contributed by atoms with Crippen molar-refractivity contribution in [1.82, 2.24) is 29.0 Å². The maximum atomic E-state index is 13.6. The van der Waals surface area contributed by atoms with Crippen LogP contribution < -0.4 is 17.0 Å². The number of hydrogen-bond acceptors (Lipinski definition) is 8. The first-order valence-corrected chi connectivity index (χ1v) is 15.2.